The second kappa shape index (κ2) is 12.2. The summed E-state index contributed by atoms with van der Waals surface area (Å²) < 4.78 is 49.4. The highest BCUT2D eigenvalue weighted by Gasteiger charge is 2.62. The lowest BCUT2D eigenvalue weighted by molar-refractivity contribution is -0.286. The molecule has 4 rings (SSSR count). The molecule has 188 valence electrons. The van der Waals surface area contributed by atoms with Gasteiger partial charge in [-0.05, 0) is 23.6 Å². The third kappa shape index (κ3) is 6.18. The number of halogens is 2. The van der Waals surface area contributed by atoms with Crippen LogP contribution < -0.4 is 0 Å². The van der Waals surface area contributed by atoms with Crippen LogP contribution in [0.1, 0.15) is 23.6 Å². The molecule has 0 spiro atoms. The Morgan fingerprint density at radius 3 is 1.47 bits per heavy atom. The van der Waals surface area contributed by atoms with E-state index >= 15 is 8.78 Å². The molecule has 0 aliphatic heterocycles. The topological polar surface area (TPSA) is 47.9 Å². The van der Waals surface area contributed by atoms with Crippen LogP contribution in [0, 0.1) is 17.8 Å². The minimum Gasteiger partial charge on any atom is -0.384 e. The molecular weight excluding hydrogens is 462 g/mol. The normalized spacial score (nSPS) is 25.1. The zero-order valence-electron chi connectivity index (χ0n) is 20.1. The van der Waals surface area contributed by atoms with E-state index < -0.39 is 36.3 Å². The third-order valence-electron chi connectivity index (χ3n) is 6.25. The molecule has 4 nitrogen and oxygen atoms in total. The molecule has 36 heavy (non-hydrogen) atoms. The summed E-state index contributed by atoms with van der Waals surface area (Å²) in [6.45, 7) is 1.77. The number of hydrogen-bond donors (Lipinski definition) is 1. The van der Waals surface area contributed by atoms with Crippen molar-refractivity contribution in [2.24, 2.45) is 5.92 Å². The standard InChI is InChI=1S/C30H30F2O4/c1-2-12-25-26(34-19-22-13-6-3-7-14-22)27(35-20-23-15-8-4-9-16-23)28(29(33)30(25,31)32)36-21-24-17-10-5-11-18-24/h3-11,13-18,25-29,33H,19-21H2,1H3/t25-,26-,27+,28-,29+/m1/s1. The molecule has 3 aromatic carbocycles. The van der Waals surface area contributed by atoms with Crippen LogP contribution >= 0.6 is 0 Å². The van der Waals surface area contributed by atoms with Crippen molar-refractivity contribution in [3.05, 3.63) is 108 Å². The molecular formula is C30H30F2O4. The number of ether oxygens (including phenoxy) is 3. The summed E-state index contributed by atoms with van der Waals surface area (Å²) in [5.41, 5.74) is 2.50. The lowest BCUT2D eigenvalue weighted by atomic mass is 9.77. The number of hydrogen-bond acceptors (Lipinski definition) is 4. The summed E-state index contributed by atoms with van der Waals surface area (Å²) in [4.78, 5) is 0. The van der Waals surface area contributed by atoms with Crippen LogP contribution in [0.3, 0.4) is 0 Å². The second-order valence-corrected chi connectivity index (χ2v) is 8.78. The smallest absolute Gasteiger partial charge is 0.292 e. The second-order valence-electron chi connectivity index (χ2n) is 8.78. The zero-order chi connectivity index (χ0) is 25.4. The fourth-order valence-electron chi connectivity index (χ4n) is 4.38. The van der Waals surface area contributed by atoms with Crippen LogP contribution in [-0.2, 0) is 34.0 Å². The molecule has 0 unspecified atom stereocenters. The highest BCUT2D eigenvalue weighted by Crippen LogP contribution is 2.43. The van der Waals surface area contributed by atoms with Crippen molar-refractivity contribution in [2.75, 3.05) is 0 Å². The van der Waals surface area contributed by atoms with Crippen molar-refractivity contribution in [1.29, 1.82) is 0 Å². The molecule has 1 aliphatic carbocycles. The molecule has 3 aromatic rings. The molecule has 1 N–H and O–H groups in total. The van der Waals surface area contributed by atoms with E-state index in [0.29, 0.717) is 0 Å². The van der Waals surface area contributed by atoms with E-state index in [2.05, 4.69) is 11.8 Å². The van der Waals surface area contributed by atoms with Gasteiger partial charge in [0, 0.05) is 0 Å². The van der Waals surface area contributed by atoms with Crippen molar-refractivity contribution in [1.82, 2.24) is 0 Å². The highest BCUT2D eigenvalue weighted by molar-refractivity contribution is 5.20. The van der Waals surface area contributed by atoms with Crippen LogP contribution in [0.2, 0.25) is 0 Å². The minimum atomic E-state index is -3.57. The predicted molar refractivity (Wildman–Crippen MR) is 133 cm³/mol. The van der Waals surface area contributed by atoms with E-state index in [1.807, 2.05) is 91.0 Å². The maximum absolute atomic E-state index is 15.6. The van der Waals surface area contributed by atoms with Crippen LogP contribution in [0.5, 0.6) is 0 Å². The summed E-state index contributed by atoms with van der Waals surface area (Å²) >= 11 is 0. The van der Waals surface area contributed by atoms with Gasteiger partial charge in [0.1, 0.15) is 30.3 Å². The average Bonchev–Trinajstić information content (AvgIpc) is 2.91. The molecule has 0 aromatic heterocycles. The van der Waals surface area contributed by atoms with E-state index in [1.54, 1.807) is 0 Å². The molecule has 1 saturated carbocycles. The van der Waals surface area contributed by atoms with Gasteiger partial charge in [0.2, 0.25) is 0 Å². The molecule has 1 aliphatic rings. The van der Waals surface area contributed by atoms with Crippen LogP contribution in [-0.4, -0.2) is 35.4 Å². The number of alkyl halides is 2. The van der Waals surface area contributed by atoms with Gasteiger partial charge in [-0.1, -0.05) is 96.9 Å². The van der Waals surface area contributed by atoms with Gasteiger partial charge in [0.05, 0.1) is 19.8 Å². The summed E-state index contributed by atoms with van der Waals surface area (Å²) in [5, 5.41) is 10.9. The van der Waals surface area contributed by atoms with E-state index in [0.717, 1.165) is 16.7 Å². The summed E-state index contributed by atoms with van der Waals surface area (Å²) in [6, 6.07) is 27.9. The molecule has 1 fully saturated rings. The average molecular weight is 493 g/mol. The molecule has 5 atom stereocenters. The molecule has 0 saturated heterocycles. The molecule has 0 amide bonds. The van der Waals surface area contributed by atoms with Crippen LogP contribution in [0.15, 0.2) is 91.0 Å². The summed E-state index contributed by atoms with van der Waals surface area (Å²) in [7, 11) is 0. The summed E-state index contributed by atoms with van der Waals surface area (Å²) in [6.07, 6.45) is -5.58. The Hall–Kier alpha value is -3.08. The lowest BCUT2D eigenvalue weighted by Gasteiger charge is -2.47. The van der Waals surface area contributed by atoms with Gasteiger partial charge in [-0.3, -0.25) is 0 Å². The van der Waals surface area contributed by atoms with E-state index in [1.165, 1.54) is 6.92 Å². The Labute approximate surface area is 210 Å². The molecule has 0 heterocycles. The van der Waals surface area contributed by atoms with Gasteiger partial charge in [0.25, 0.3) is 5.92 Å². The fourth-order valence-corrected chi connectivity index (χ4v) is 4.38. The Bertz CT molecular complexity index is 1130. The van der Waals surface area contributed by atoms with Crippen molar-refractivity contribution < 1.29 is 28.1 Å². The third-order valence-corrected chi connectivity index (χ3v) is 6.25. The van der Waals surface area contributed by atoms with Crippen LogP contribution in [0.25, 0.3) is 0 Å². The molecule has 0 bridgehead atoms. The number of aliphatic hydroxyl groups excluding tert-OH is 1. The van der Waals surface area contributed by atoms with Crippen molar-refractivity contribution in [3.8, 4) is 11.8 Å². The number of benzene rings is 3. The first-order valence-electron chi connectivity index (χ1n) is 12.0. The van der Waals surface area contributed by atoms with Gasteiger partial charge in [-0.25, -0.2) is 8.78 Å². The monoisotopic (exact) mass is 492 g/mol. The fraction of sp³-hybridized carbons (Fsp3) is 0.333. The minimum absolute atomic E-state index is 0.0410. The van der Waals surface area contributed by atoms with Crippen molar-refractivity contribution in [3.63, 3.8) is 0 Å². The Morgan fingerprint density at radius 1 is 0.667 bits per heavy atom. The lowest BCUT2D eigenvalue weighted by Crippen LogP contribution is -2.66. The van der Waals surface area contributed by atoms with Gasteiger partial charge in [-0.15, -0.1) is 5.92 Å². The Kier molecular flexibility index (Phi) is 8.84. The maximum atomic E-state index is 15.6. The van der Waals surface area contributed by atoms with Crippen LogP contribution in [0.4, 0.5) is 8.78 Å². The van der Waals surface area contributed by atoms with E-state index in [9.17, 15) is 5.11 Å². The first-order chi connectivity index (χ1) is 17.5. The zero-order valence-corrected chi connectivity index (χ0v) is 20.1. The molecule has 6 heteroatoms. The predicted octanol–water partition coefficient (Wildman–Crippen LogP) is 5.39. The Morgan fingerprint density at radius 2 is 1.06 bits per heavy atom. The Balaban J connectivity index is 1.65. The summed E-state index contributed by atoms with van der Waals surface area (Å²) in [5.74, 6) is 0.0429. The first-order valence-corrected chi connectivity index (χ1v) is 12.0. The van der Waals surface area contributed by atoms with Gasteiger partial charge in [0.15, 0.2) is 0 Å². The molecule has 0 radical (unpaired) electrons. The van der Waals surface area contributed by atoms with Crippen molar-refractivity contribution in [2.45, 2.75) is 57.1 Å². The number of aliphatic hydroxyl groups is 1. The SMILES string of the molecule is CC#C[C@@H]1[C@@H](OCc2ccccc2)[C@H](OCc2ccccc2)[C@@H](OCc2ccccc2)[C@H](O)C1(F)F. The van der Waals surface area contributed by atoms with Gasteiger partial charge >= 0.3 is 0 Å². The maximum Gasteiger partial charge on any atom is 0.292 e. The first kappa shape index (κ1) is 26.0. The number of rotatable bonds is 9. The van der Waals surface area contributed by atoms with Crippen molar-refractivity contribution >= 4 is 0 Å². The quantitative estimate of drug-likeness (QED) is 0.407. The van der Waals surface area contributed by atoms with Gasteiger partial charge < -0.3 is 19.3 Å². The highest BCUT2D eigenvalue weighted by atomic mass is 19.3. The van der Waals surface area contributed by atoms with E-state index in [-0.39, 0.29) is 19.8 Å². The van der Waals surface area contributed by atoms with Gasteiger partial charge in [-0.2, -0.15) is 0 Å². The largest absolute Gasteiger partial charge is 0.384 e. The van der Waals surface area contributed by atoms with E-state index in [4.69, 9.17) is 14.2 Å².